The molecule has 0 aliphatic rings. The van der Waals surface area contributed by atoms with Gasteiger partial charge in [-0.3, -0.25) is 4.79 Å². The Bertz CT molecular complexity index is 761. The molecule has 2 aromatic carbocycles. The predicted octanol–water partition coefficient (Wildman–Crippen LogP) is 1.82. The number of carbonyl (C=O) groups excluding carboxylic acids is 1. The van der Waals surface area contributed by atoms with E-state index in [-0.39, 0.29) is 16.3 Å². The summed E-state index contributed by atoms with van der Waals surface area (Å²) in [6.07, 6.45) is 0. The Morgan fingerprint density at radius 2 is 1.81 bits per heavy atom. The van der Waals surface area contributed by atoms with Crippen LogP contribution in [0.15, 0.2) is 53.4 Å². The second-order valence-corrected chi connectivity index (χ2v) is 6.35. The lowest BCUT2D eigenvalue weighted by atomic mass is 10.2. The standard InChI is InChI=1S/C14H13FN2O3S/c15-12-7-6-10(16)8-13(12)17-14(18)9-21(19,20)11-4-2-1-3-5-11/h1-8H,9,16H2,(H,17,18). The van der Waals surface area contributed by atoms with E-state index in [4.69, 9.17) is 5.73 Å². The summed E-state index contributed by atoms with van der Waals surface area (Å²) in [4.78, 5) is 11.8. The number of rotatable bonds is 4. The van der Waals surface area contributed by atoms with Crippen molar-refractivity contribution < 1.29 is 17.6 Å². The number of hydrogen-bond donors (Lipinski definition) is 2. The SMILES string of the molecule is Nc1ccc(F)c(NC(=O)CS(=O)(=O)c2ccccc2)c1. The molecule has 0 heterocycles. The van der Waals surface area contributed by atoms with Crippen LogP contribution in [0.2, 0.25) is 0 Å². The molecule has 0 saturated heterocycles. The number of nitrogens with two attached hydrogens (primary N) is 1. The van der Waals surface area contributed by atoms with Gasteiger partial charge in [-0.2, -0.15) is 0 Å². The molecule has 3 N–H and O–H groups in total. The molecule has 0 bridgehead atoms. The number of nitrogens with one attached hydrogen (secondary N) is 1. The van der Waals surface area contributed by atoms with E-state index in [0.29, 0.717) is 0 Å². The van der Waals surface area contributed by atoms with Crippen LogP contribution in [-0.4, -0.2) is 20.1 Å². The summed E-state index contributed by atoms with van der Waals surface area (Å²) in [5.41, 5.74) is 5.60. The summed E-state index contributed by atoms with van der Waals surface area (Å²) in [6.45, 7) is 0. The van der Waals surface area contributed by atoms with E-state index in [1.54, 1.807) is 18.2 Å². The van der Waals surface area contributed by atoms with E-state index >= 15 is 0 Å². The maximum atomic E-state index is 13.5. The summed E-state index contributed by atoms with van der Waals surface area (Å²) in [7, 11) is -3.77. The fourth-order valence-corrected chi connectivity index (χ4v) is 2.86. The number of halogens is 1. The summed E-state index contributed by atoms with van der Waals surface area (Å²) in [5.74, 6) is -2.29. The van der Waals surface area contributed by atoms with Gasteiger partial charge in [-0.1, -0.05) is 18.2 Å². The van der Waals surface area contributed by atoms with E-state index < -0.39 is 27.3 Å². The number of hydrogen-bond acceptors (Lipinski definition) is 4. The number of carbonyl (C=O) groups is 1. The Hall–Kier alpha value is -2.41. The van der Waals surface area contributed by atoms with Gasteiger partial charge in [-0.15, -0.1) is 0 Å². The van der Waals surface area contributed by atoms with E-state index in [0.717, 1.165) is 6.07 Å². The first kappa shape index (κ1) is 15.0. The highest BCUT2D eigenvalue weighted by molar-refractivity contribution is 7.92. The van der Waals surface area contributed by atoms with Gasteiger partial charge in [0.1, 0.15) is 11.6 Å². The van der Waals surface area contributed by atoms with Crippen molar-refractivity contribution in [1.82, 2.24) is 0 Å². The quantitative estimate of drug-likeness (QED) is 0.843. The summed E-state index contributed by atoms with van der Waals surface area (Å²) < 4.78 is 37.5. The lowest BCUT2D eigenvalue weighted by molar-refractivity contribution is -0.113. The molecule has 0 aliphatic heterocycles. The largest absolute Gasteiger partial charge is 0.399 e. The first-order valence-corrected chi connectivity index (χ1v) is 7.66. The molecule has 2 aromatic rings. The Labute approximate surface area is 121 Å². The van der Waals surface area contributed by atoms with Crippen LogP contribution in [0.4, 0.5) is 15.8 Å². The predicted molar refractivity (Wildman–Crippen MR) is 77.9 cm³/mol. The topological polar surface area (TPSA) is 89.3 Å². The summed E-state index contributed by atoms with van der Waals surface area (Å²) in [5, 5.41) is 2.20. The second kappa shape index (κ2) is 5.92. The fourth-order valence-electron chi connectivity index (χ4n) is 1.71. The first-order chi connectivity index (χ1) is 9.88. The number of amides is 1. The van der Waals surface area contributed by atoms with E-state index in [1.165, 1.54) is 24.3 Å². The van der Waals surface area contributed by atoms with Crippen LogP contribution >= 0.6 is 0 Å². The van der Waals surface area contributed by atoms with Gasteiger partial charge in [0.25, 0.3) is 0 Å². The van der Waals surface area contributed by atoms with Crippen molar-refractivity contribution in [3.63, 3.8) is 0 Å². The Kier molecular flexibility index (Phi) is 4.23. The van der Waals surface area contributed by atoms with Gasteiger partial charge in [0, 0.05) is 5.69 Å². The maximum absolute atomic E-state index is 13.5. The van der Waals surface area contributed by atoms with Crippen LogP contribution in [0.1, 0.15) is 0 Å². The van der Waals surface area contributed by atoms with Crippen molar-refractivity contribution in [3.05, 3.63) is 54.3 Å². The maximum Gasteiger partial charge on any atom is 0.240 e. The highest BCUT2D eigenvalue weighted by Gasteiger charge is 2.19. The van der Waals surface area contributed by atoms with E-state index in [9.17, 15) is 17.6 Å². The minimum absolute atomic E-state index is 0.0354. The minimum Gasteiger partial charge on any atom is -0.399 e. The van der Waals surface area contributed by atoms with Crippen molar-refractivity contribution in [2.45, 2.75) is 4.90 Å². The molecular weight excluding hydrogens is 295 g/mol. The average molecular weight is 308 g/mol. The molecule has 2 rings (SSSR count). The van der Waals surface area contributed by atoms with Crippen molar-refractivity contribution in [2.75, 3.05) is 16.8 Å². The third-order valence-electron chi connectivity index (χ3n) is 2.69. The van der Waals surface area contributed by atoms with Crippen LogP contribution < -0.4 is 11.1 Å². The van der Waals surface area contributed by atoms with Crippen LogP contribution in [-0.2, 0) is 14.6 Å². The average Bonchev–Trinajstić information content (AvgIpc) is 2.43. The van der Waals surface area contributed by atoms with Crippen molar-refractivity contribution in [3.8, 4) is 0 Å². The Balaban J connectivity index is 2.14. The molecule has 7 heteroatoms. The highest BCUT2D eigenvalue weighted by Crippen LogP contribution is 2.18. The van der Waals surface area contributed by atoms with Crippen LogP contribution in [0.25, 0.3) is 0 Å². The van der Waals surface area contributed by atoms with Crippen molar-refractivity contribution in [1.29, 1.82) is 0 Å². The molecule has 0 unspecified atom stereocenters. The van der Waals surface area contributed by atoms with Gasteiger partial charge in [-0.05, 0) is 30.3 Å². The molecule has 21 heavy (non-hydrogen) atoms. The molecule has 0 saturated carbocycles. The zero-order valence-corrected chi connectivity index (χ0v) is 11.7. The molecule has 0 aromatic heterocycles. The summed E-state index contributed by atoms with van der Waals surface area (Å²) in [6, 6.07) is 11.2. The van der Waals surface area contributed by atoms with Gasteiger partial charge in [0.05, 0.1) is 10.6 Å². The van der Waals surface area contributed by atoms with Crippen molar-refractivity contribution in [2.24, 2.45) is 0 Å². The molecule has 0 radical (unpaired) electrons. The number of sulfone groups is 1. The molecule has 0 spiro atoms. The first-order valence-electron chi connectivity index (χ1n) is 6.01. The zero-order valence-electron chi connectivity index (χ0n) is 10.9. The molecular formula is C14H13FN2O3S. The van der Waals surface area contributed by atoms with Crippen LogP contribution in [0.3, 0.4) is 0 Å². The van der Waals surface area contributed by atoms with Gasteiger partial charge < -0.3 is 11.1 Å². The van der Waals surface area contributed by atoms with Crippen molar-refractivity contribution >= 4 is 27.1 Å². The third kappa shape index (κ3) is 3.79. The number of anilines is 2. The number of benzene rings is 2. The van der Waals surface area contributed by atoms with E-state index in [1.807, 2.05) is 0 Å². The van der Waals surface area contributed by atoms with Gasteiger partial charge in [-0.25, -0.2) is 12.8 Å². The fraction of sp³-hybridized carbons (Fsp3) is 0.0714. The van der Waals surface area contributed by atoms with Crippen LogP contribution in [0, 0.1) is 5.82 Å². The lowest BCUT2D eigenvalue weighted by Gasteiger charge is -2.08. The van der Waals surface area contributed by atoms with Gasteiger partial charge in [0.2, 0.25) is 5.91 Å². The summed E-state index contributed by atoms with van der Waals surface area (Å²) >= 11 is 0. The smallest absolute Gasteiger partial charge is 0.240 e. The Morgan fingerprint density at radius 1 is 1.14 bits per heavy atom. The van der Waals surface area contributed by atoms with Gasteiger partial charge in [0.15, 0.2) is 9.84 Å². The normalized spacial score (nSPS) is 11.1. The number of nitrogen functional groups attached to an aromatic ring is 1. The monoisotopic (exact) mass is 308 g/mol. The molecule has 110 valence electrons. The molecule has 1 amide bonds. The van der Waals surface area contributed by atoms with Crippen LogP contribution in [0.5, 0.6) is 0 Å². The molecule has 5 nitrogen and oxygen atoms in total. The van der Waals surface area contributed by atoms with Gasteiger partial charge >= 0.3 is 0 Å². The molecule has 0 fully saturated rings. The highest BCUT2D eigenvalue weighted by atomic mass is 32.2. The zero-order chi connectivity index (χ0) is 15.5. The minimum atomic E-state index is -3.77. The van der Waals surface area contributed by atoms with E-state index in [2.05, 4.69) is 5.32 Å². The Morgan fingerprint density at radius 3 is 2.48 bits per heavy atom. The second-order valence-electron chi connectivity index (χ2n) is 4.36. The molecule has 0 atom stereocenters. The lowest BCUT2D eigenvalue weighted by Crippen LogP contribution is -2.23. The third-order valence-corrected chi connectivity index (χ3v) is 4.32. The molecule has 0 aliphatic carbocycles.